The maximum absolute atomic E-state index is 9.70. The van der Waals surface area contributed by atoms with Crippen LogP contribution in [0.15, 0.2) is 41.4 Å². The van der Waals surface area contributed by atoms with Crippen molar-refractivity contribution in [3.63, 3.8) is 0 Å². The van der Waals surface area contributed by atoms with E-state index in [2.05, 4.69) is 15.4 Å². The van der Waals surface area contributed by atoms with Crippen LogP contribution in [-0.2, 0) is 0 Å². The van der Waals surface area contributed by atoms with Gasteiger partial charge in [0, 0.05) is 36.8 Å². The summed E-state index contributed by atoms with van der Waals surface area (Å²) in [5, 5.41) is 10.6. The van der Waals surface area contributed by atoms with Gasteiger partial charge in [0.25, 0.3) is 0 Å². The Kier molecular flexibility index (Phi) is 6.93. The summed E-state index contributed by atoms with van der Waals surface area (Å²) in [6, 6.07) is 13.2. The van der Waals surface area contributed by atoms with Crippen LogP contribution >= 0.6 is 23.1 Å². The van der Waals surface area contributed by atoms with Gasteiger partial charge in [0.1, 0.15) is 28.8 Å². The average molecular weight is 441 g/mol. The smallest absolute Gasteiger partial charge is 0.218 e. The van der Waals surface area contributed by atoms with Crippen molar-refractivity contribution in [3.8, 4) is 33.9 Å². The normalized spacial score (nSPS) is 10.8. The lowest BCUT2D eigenvalue weighted by Crippen LogP contribution is -2.14. The van der Waals surface area contributed by atoms with Gasteiger partial charge >= 0.3 is 0 Å². The number of aromatic nitrogens is 1. The van der Waals surface area contributed by atoms with Gasteiger partial charge in [-0.15, -0.1) is 0 Å². The first-order chi connectivity index (χ1) is 14.5. The van der Waals surface area contributed by atoms with E-state index in [0.717, 1.165) is 35.0 Å². The van der Waals surface area contributed by atoms with Gasteiger partial charge in [0.05, 0.1) is 24.2 Å². The lowest BCUT2D eigenvalue weighted by atomic mass is 10.1. The fourth-order valence-electron chi connectivity index (χ4n) is 2.59. The number of aryl methyl sites for hydroxylation is 1. The van der Waals surface area contributed by atoms with Gasteiger partial charge in [0.15, 0.2) is 0 Å². The molecule has 0 aliphatic heterocycles. The SMILES string of the molecule is CCN(C)/C=N\c1cc(C)c(Oc2snc(-c3ccc(OC)cc3)c2C#N)cc1Cl. The molecule has 1 aromatic heterocycles. The Hall–Kier alpha value is -3.08. The zero-order chi connectivity index (χ0) is 21.7. The quantitative estimate of drug-likeness (QED) is 0.330. The molecule has 0 amide bonds. The molecule has 0 aliphatic carbocycles. The van der Waals surface area contributed by atoms with Gasteiger partial charge in [-0.25, -0.2) is 4.99 Å². The van der Waals surface area contributed by atoms with Crippen LogP contribution in [0.3, 0.4) is 0 Å². The maximum atomic E-state index is 9.70. The summed E-state index contributed by atoms with van der Waals surface area (Å²) in [7, 11) is 3.55. The standard InChI is InChI=1S/C22H21ClN4O2S/c1-5-27(3)13-25-19-10-14(2)20(11-18(19)23)29-22-17(12-24)21(26-30-22)15-6-8-16(28-4)9-7-15/h6-11,13H,5H2,1-4H3/b25-13-. The topological polar surface area (TPSA) is 70.7 Å². The van der Waals surface area contributed by atoms with Crippen LogP contribution in [0.1, 0.15) is 18.1 Å². The summed E-state index contributed by atoms with van der Waals surface area (Å²) in [5.41, 5.74) is 3.29. The third-order valence-electron chi connectivity index (χ3n) is 4.48. The van der Waals surface area contributed by atoms with E-state index in [9.17, 15) is 5.26 Å². The zero-order valence-electron chi connectivity index (χ0n) is 17.1. The second kappa shape index (κ2) is 9.61. The van der Waals surface area contributed by atoms with Crippen LogP contribution in [0.25, 0.3) is 11.3 Å². The average Bonchev–Trinajstić information content (AvgIpc) is 3.17. The molecule has 0 unspecified atom stereocenters. The van der Waals surface area contributed by atoms with Crippen LogP contribution in [0.5, 0.6) is 16.6 Å². The summed E-state index contributed by atoms with van der Waals surface area (Å²) in [5.74, 6) is 1.30. The molecule has 0 atom stereocenters. The van der Waals surface area contributed by atoms with Gasteiger partial charge < -0.3 is 14.4 Å². The number of benzene rings is 2. The number of methoxy groups -OCH3 is 1. The molecule has 0 N–H and O–H groups in total. The number of halogens is 1. The number of hydrogen-bond acceptors (Lipinski definition) is 6. The van der Waals surface area contributed by atoms with E-state index in [1.807, 2.05) is 56.1 Å². The molecule has 0 saturated heterocycles. The van der Waals surface area contributed by atoms with Gasteiger partial charge in [-0.05, 0) is 49.7 Å². The fraction of sp³-hybridized carbons (Fsp3) is 0.227. The molecule has 0 saturated carbocycles. The predicted molar refractivity (Wildman–Crippen MR) is 122 cm³/mol. The lowest BCUT2D eigenvalue weighted by molar-refractivity contribution is 0.415. The molecule has 2 aromatic carbocycles. The van der Waals surface area contributed by atoms with Crippen LogP contribution < -0.4 is 9.47 Å². The molecule has 1 heterocycles. The highest BCUT2D eigenvalue weighted by atomic mass is 35.5. The minimum atomic E-state index is 0.382. The first-order valence-corrected chi connectivity index (χ1v) is 10.4. The maximum Gasteiger partial charge on any atom is 0.218 e. The van der Waals surface area contributed by atoms with Gasteiger partial charge in [-0.2, -0.15) is 9.64 Å². The molecule has 0 fully saturated rings. The number of hydrogen-bond donors (Lipinski definition) is 0. The molecule has 3 aromatic rings. The molecule has 0 spiro atoms. The molecule has 30 heavy (non-hydrogen) atoms. The van der Waals surface area contributed by atoms with Crippen molar-refractivity contribution in [2.75, 3.05) is 20.7 Å². The summed E-state index contributed by atoms with van der Waals surface area (Å²) in [6.07, 6.45) is 1.74. The Balaban J connectivity index is 1.89. The van der Waals surface area contributed by atoms with E-state index in [-0.39, 0.29) is 0 Å². The van der Waals surface area contributed by atoms with Gasteiger partial charge in [0.2, 0.25) is 5.06 Å². The highest BCUT2D eigenvalue weighted by Crippen LogP contribution is 2.40. The van der Waals surface area contributed by atoms with Gasteiger partial charge in [-0.3, -0.25) is 0 Å². The molecular weight excluding hydrogens is 420 g/mol. The van der Waals surface area contributed by atoms with E-state index >= 15 is 0 Å². The van der Waals surface area contributed by atoms with Crippen LogP contribution in [-0.4, -0.2) is 36.3 Å². The molecule has 3 rings (SSSR count). The first-order valence-electron chi connectivity index (χ1n) is 9.23. The second-order valence-electron chi connectivity index (χ2n) is 6.52. The molecule has 0 bridgehead atoms. The highest BCUT2D eigenvalue weighted by Gasteiger charge is 2.18. The Bertz CT molecular complexity index is 1100. The van der Waals surface area contributed by atoms with Crippen LogP contribution in [0, 0.1) is 18.3 Å². The summed E-state index contributed by atoms with van der Waals surface area (Å²) >= 11 is 7.53. The Morgan fingerprint density at radius 3 is 2.67 bits per heavy atom. The lowest BCUT2D eigenvalue weighted by Gasteiger charge is -2.11. The fourth-order valence-corrected chi connectivity index (χ4v) is 3.52. The second-order valence-corrected chi connectivity index (χ2v) is 7.67. The third kappa shape index (κ3) is 4.73. The van der Waals surface area contributed by atoms with Crippen molar-refractivity contribution in [2.45, 2.75) is 13.8 Å². The van der Waals surface area contributed by atoms with Gasteiger partial charge in [-0.1, -0.05) is 11.6 Å². The zero-order valence-corrected chi connectivity index (χ0v) is 18.7. The van der Waals surface area contributed by atoms with Crippen molar-refractivity contribution in [3.05, 3.63) is 52.5 Å². The summed E-state index contributed by atoms with van der Waals surface area (Å²) < 4.78 is 15.6. The Morgan fingerprint density at radius 1 is 1.30 bits per heavy atom. The van der Waals surface area contributed by atoms with Crippen molar-refractivity contribution in [1.29, 1.82) is 5.26 Å². The van der Waals surface area contributed by atoms with Crippen LogP contribution in [0.2, 0.25) is 5.02 Å². The van der Waals surface area contributed by atoms with E-state index in [0.29, 0.717) is 32.8 Å². The molecular formula is C22H21ClN4O2S. The minimum absolute atomic E-state index is 0.382. The van der Waals surface area contributed by atoms with E-state index in [1.165, 1.54) is 0 Å². The number of nitriles is 1. The van der Waals surface area contributed by atoms with E-state index in [1.54, 1.807) is 19.5 Å². The molecule has 0 radical (unpaired) electrons. The minimum Gasteiger partial charge on any atom is -0.497 e. The molecule has 8 heteroatoms. The van der Waals surface area contributed by atoms with E-state index in [4.69, 9.17) is 21.1 Å². The Morgan fingerprint density at radius 2 is 2.03 bits per heavy atom. The van der Waals surface area contributed by atoms with Crippen molar-refractivity contribution in [2.24, 2.45) is 4.99 Å². The third-order valence-corrected chi connectivity index (χ3v) is 5.51. The van der Waals surface area contributed by atoms with Crippen molar-refractivity contribution >= 4 is 35.2 Å². The highest BCUT2D eigenvalue weighted by molar-refractivity contribution is 7.08. The Labute approximate surface area is 185 Å². The molecule has 0 aliphatic rings. The number of ether oxygens (including phenoxy) is 2. The summed E-state index contributed by atoms with van der Waals surface area (Å²) in [4.78, 5) is 6.37. The number of nitrogens with zero attached hydrogens (tertiary/aromatic N) is 4. The number of rotatable bonds is 7. The first kappa shape index (κ1) is 21.6. The van der Waals surface area contributed by atoms with E-state index < -0.39 is 0 Å². The monoisotopic (exact) mass is 440 g/mol. The largest absolute Gasteiger partial charge is 0.497 e. The predicted octanol–water partition coefficient (Wildman–Crippen LogP) is 6.06. The molecule has 154 valence electrons. The van der Waals surface area contributed by atoms with Crippen LogP contribution in [0.4, 0.5) is 5.69 Å². The molecule has 6 nitrogen and oxygen atoms in total. The van der Waals surface area contributed by atoms with Crippen molar-refractivity contribution < 1.29 is 9.47 Å². The van der Waals surface area contributed by atoms with Crippen molar-refractivity contribution in [1.82, 2.24) is 9.27 Å². The summed E-state index contributed by atoms with van der Waals surface area (Å²) in [6.45, 7) is 4.80. The number of aliphatic imine (C=N–C) groups is 1.